The first-order chi connectivity index (χ1) is 12.8. The quantitative estimate of drug-likeness (QED) is 0.902. The first-order valence-corrected chi connectivity index (χ1v) is 9.55. The van der Waals surface area contributed by atoms with Gasteiger partial charge >= 0.3 is 0 Å². The predicted octanol–water partition coefficient (Wildman–Crippen LogP) is 3.02. The number of carbonyl (C=O) groups excluding carboxylic acids is 2. The van der Waals surface area contributed by atoms with E-state index in [1.807, 2.05) is 30.9 Å². The van der Waals surface area contributed by atoms with Crippen LogP contribution in [-0.2, 0) is 4.79 Å². The summed E-state index contributed by atoms with van der Waals surface area (Å²) in [6.07, 6.45) is 0.563. The molecule has 2 amide bonds. The van der Waals surface area contributed by atoms with Gasteiger partial charge in [-0.05, 0) is 43.0 Å². The summed E-state index contributed by atoms with van der Waals surface area (Å²) in [4.78, 5) is 28.6. The van der Waals surface area contributed by atoms with Gasteiger partial charge in [-0.25, -0.2) is 0 Å². The van der Waals surface area contributed by atoms with Crippen molar-refractivity contribution in [1.29, 1.82) is 0 Å². The maximum absolute atomic E-state index is 12.8. The van der Waals surface area contributed by atoms with Gasteiger partial charge in [0.1, 0.15) is 5.69 Å². The molecule has 1 N–H and O–H groups in total. The highest BCUT2D eigenvalue weighted by molar-refractivity contribution is 5.93. The summed E-state index contributed by atoms with van der Waals surface area (Å²) in [7, 11) is 0. The number of piperazine rings is 1. The lowest BCUT2D eigenvalue weighted by Gasteiger charge is -2.34. The van der Waals surface area contributed by atoms with Crippen LogP contribution in [0.1, 0.15) is 41.9 Å². The van der Waals surface area contributed by atoms with Crippen LogP contribution in [0.3, 0.4) is 0 Å². The van der Waals surface area contributed by atoms with Crippen LogP contribution in [-0.4, -0.2) is 58.0 Å². The van der Waals surface area contributed by atoms with E-state index in [1.54, 1.807) is 4.90 Å². The predicted molar refractivity (Wildman–Crippen MR) is 105 cm³/mol. The third kappa shape index (κ3) is 4.38. The van der Waals surface area contributed by atoms with Crippen molar-refractivity contribution >= 4 is 11.8 Å². The fraction of sp³-hybridized carbons (Fsp3) is 0.476. The van der Waals surface area contributed by atoms with Gasteiger partial charge in [-0.1, -0.05) is 26.0 Å². The van der Waals surface area contributed by atoms with Gasteiger partial charge in [-0.3, -0.25) is 14.7 Å². The number of carbonyl (C=O) groups is 2. The smallest absolute Gasteiger partial charge is 0.272 e. The normalized spacial score (nSPS) is 14.7. The molecule has 144 valence electrons. The minimum absolute atomic E-state index is 0.0615. The number of aromatic amines is 1. The summed E-state index contributed by atoms with van der Waals surface area (Å²) in [6, 6.07) is 7.97. The van der Waals surface area contributed by atoms with Gasteiger partial charge in [0.05, 0.1) is 5.69 Å². The SMILES string of the molecule is Cc1ccc(-c2cc(C(=O)N3CCN(C(=O)CC(C)C)CC3)[nH]n2)cc1C. The fourth-order valence-corrected chi connectivity index (χ4v) is 3.29. The maximum atomic E-state index is 12.8. The summed E-state index contributed by atoms with van der Waals surface area (Å²) in [5, 5.41) is 7.19. The second-order valence-electron chi connectivity index (χ2n) is 7.74. The molecule has 27 heavy (non-hydrogen) atoms. The Morgan fingerprint density at radius 1 is 1.04 bits per heavy atom. The average molecular weight is 368 g/mol. The lowest BCUT2D eigenvalue weighted by Crippen LogP contribution is -2.50. The van der Waals surface area contributed by atoms with Crippen molar-refractivity contribution in [3.05, 3.63) is 41.1 Å². The van der Waals surface area contributed by atoms with E-state index in [4.69, 9.17) is 0 Å². The Kier molecular flexibility index (Phi) is 5.63. The van der Waals surface area contributed by atoms with E-state index in [-0.39, 0.29) is 11.8 Å². The number of nitrogens with one attached hydrogen (secondary N) is 1. The Morgan fingerprint density at radius 3 is 2.33 bits per heavy atom. The van der Waals surface area contributed by atoms with Crippen molar-refractivity contribution < 1.29 is 9.59 Å². The van der Waals surface area contributed by atoms with Crippen LogP contribution in [0.25, 0.3) is 11.3 Å². The van der Waals surface area contributed by atoms with E-state index >= 15 is 0 Å². The molecule has 1 aliphatic rings. The Hall–Kier alpha value is -2.63. The standard InChI is InChI=1S/C21H28N4O2/c1-14(2)11-20(26)24-7-9-25(10-8-24)21(27)19-13-18(22-23-19)17-6-5-15(3)16(4)12-17/h5-6,12-14H,7-11H2,1-4H3,(H,22,23). The van der Waals surface area contributed by atoms with E-state index in [1.165, 1.54) is 11.1 Å². The largest absolute Gasteiger partial charge is 0.339 e. The minimum atomic E-state index is -0.0615. The van der Waals surface area contributed by atoms with Gasteiger partial charge < -0.3 is 9.80 Å². The second-order valence-corrected chi connectivity index (χ2v) is 7.74. The van der Waals surface area contributed by atoms with Crippen LogP contribution in [0, 0.1) is 19.8 Å². The van der Waals surface area contributed by atoms with Gasteiger partial charge in [0.15, 0.2) is 0 Å². The molecule has 0 bridgehead atoms. The lowest BCUT2D eigenvalue weighted by atomic mass is 10.0. The number of amides is 2. The Bertz CT molecular complexity index is 832. The molecule has 1 aromatic heterocycles. The monoisotopic (exact) mass is 368 g/mol. The van der Waals surface area contributed by atoms with E-state index < -0.39 is 0 Å². The topological polar surface area (TPSA) is 69.3 Å². The third-order valence-corrected chi connectivity index (χ3v) is 5.11. The highest BCUT2D eigenvalue weighted by atomic mass is 16.2. The van der Waals surface area contributed by atoms with E-state index in [0.29, 0.717) is 44.2 Å². The molecule has 0 aliphatic carbocycles. The molecule has 1 saturated heterocycles. The van der Waals surface area contributed by atoms with E-state index in [9.17, 15) is 9.59 Å². The number of hydrogen-bond acceptors (Lipinski definition) is 3. The molecule has 0 radical (unpaired) electrons. The molecule has 1 aromatic carbocycles. The molecule has 0 unspecified atom stereocenters. The summed E-state index contributed by atoms with van der Waals surface area (Å²) in [5.74, 6) is 0.468. The maximum Gasteiger partial charge on any atom is 0.272 e. The summed E-state index contributed by atoms with van der Waals surface area (Å²) >= 11 is 0. The van der Waals surface area contributed by atoms with Crippen LogP contribution < -0.4 is 0 Å². The van der Waals surface area contributed by atoms with Crippen molar-refractivity contribution in [3.8, 4) is 11.3 Å². The number of rotatable bonds is 4. The van der Waals surface area contributed by atoms with Crippen molar-refractivity contribution in [1.82, 2.24) is 20.0 Å². The van der Waals surface area contributed by atoms with Gasteiger partial charge in [-0.2, -0.15) is 5.10 Å². The molecule has 2 aromatic rings. The first kappa shape index (κ1) is 19.1. The number of benzene rings is 1. The van der Waals surface area contributed by atoms with Gasteiger partial charge in [0, 0.05) is 38.2 Å². The molecule has 1 fully saturated rings. The fourth-order valence-electron chi connectivity index (χ4n) is 3.29. The van der Waals surface area contributed by atoms with Crippen molar-refractivity contribution in [2.45, 2.75) is 34.1 Å². The highest BCUT2D eigenvalue weighted by Crippen LogP contribution is 2.21. The van der Waals surface area contributed by atoms with Gasteiger partial charge in [0.2, 0.25) is 5.91 Å². The molecular weight excluding hydrogens is 340 g/mol. The number of aromatic nitrogens is 2. The van der Waals surface area contributed by atoms with Gasteiger partial charge in [-0.15, -0.1) is 0 Å². The zero-order valence-corrected chi connectivity index (χ0v) is 16.6. The summed E-state index contributed by atoms with van der Waals surface area (Å²) < 4.78 is 0. The van der Waals surface area contributed by atoms with Gasteiger partial charge in [0.25, 0.3) is 5.91 Å². The average Bonchev–Trinajstić information content (AvgIpc) is 3.13. The van der Waals surface area contributed by atoms with Crippen LogP contribution in [0.5, 0.6) is 0 Å². The van der Waals surface area contributed by atoms with E-state index in [0.717, 1.165) is 11.3 Å². The molecule has 1 aliphatic heterocycles. The summed E-state index contributed by atoms with van der Waals surface area (Å²) in [6.45, 7) is 10.5. The Morgan fingerprint density at radius 2 is 1.70 bits per heavy atom. The Labute approximate surface area is 160 Å². The van der Waals surface area contributed by atoms with Crippen LogP contribution in [0.4, 0.5) is 0 Å². The number of nitrogens with zero attached hydrogens (tertiary/aromatic N) is 3. The van der Waals surface area contributed by atoms with Crippen LogP contribution in [0.2, 0.25) is 0 Å². The molecule has 0 saturated carbocycles. The summed E-state index contributed by atoms with van der Waals surface area (Å²) in [5.41, 5.74) is 4.69. The van der Waals surface area contributed by atoms with Crippen molar-refractivity contribution in [2.24, 2.45) is 5.92 Å². The molecule has 2 heterocycles. The van der Waals surface area contributed by atoms with Crippen molar-refractivity contribution in [2.75, 3.05) is 26.2 Å². The minimum Gasteiger partial charge on any atom is -0.339 e. The second kappa shape index (κ2) is 7.94. The number of hydrogen-bond donors (Lipinski definition) is 1. The number of aryl methyl sites for hydroxylation is 2. The highest BCUT2D eigenvalue weighted by Gasteiger charge is 2.26. The third-order valence-electron chi connectivity index (χ3n) is 5.11. The lowest BCUT2D eigenvalue weighted by molar-refractivity contribution is -0.133. The molecule has 0 spiro atoms. The molecular formula is C21H28N4O2. The van der Waals surface area contributed by atoms with E-state index in [2.05, 4.69) is 36.2 Å². The molecule has 0 atom stereocenters. The zero-order valence-electron chi connectivity index (χ0n) is 16.6. The Balaban J connectivity index is 1.63. The van der Waals surface area contributed by atoms with Crippen molar-refractivity contribution in [3.63, 3.8) is 0 Å². The van der Waals surface area contributed by atoms with Crippen LogP contribution in [0.15, 0.2) is 24.3 Å². The van der Waals surface area contributed by atoms with Crippen LogP contribution >= 0.6 is 0 Å². The first-order valence-electron chi connectivity index (χ1n) is 9.55. The number of H-pyrrole nitrogens is 1. The molecule has 6 heteroatoms. The molecule has 6 nitrogen and oxygen atoms in total. The zero-order chi connectivity index (χ0) is 19.6. The molecule has 3 rings (SSSR count).